The first kappa shape index (κ1) is 29.9. The largest absolute Gasteiger partial charge is 0.289 e. The normalized spacial score (nSPS) is 13.1. The van der Waals surface area contributed by atoms with E-state index in [0.29, 0.717) is 6.42 Å². The minimum atomic E-state index is 0.0612. The maximum absolute atomic E-state index is 11.3. The Morgan fingerprint density at radius 2 is 1.89 bits per heavy atom. The van der Waals surface area contributed by atoms with E-state index in [1.807, 2.05) is 49.3 Å². The average molecular weight is 526 g/mol. The van der Waals surface area contributed by atoms with Crippen molar-refractivity contribution in [2.45, 2.75) is 71.1 Å². The highest BCUT2D eigenvalue weighted by atomic mass is 35.5. The zero-order chi connectivity index (χ0) is 26.3. The summed E-state index contributed by atoms with van der Waals surface area (Å²) < 4.78 is 0. The van der Waals surface area contributed by atoms with E-state index in [-0.39, 0.29) is 5.91 Å². The lowest BCUT2D eigenvalue weighted by Gasteiger charge is -2.17. The van der Waals surface area contributed by atoms with Crippen LogP contribution in [0.2, 0.25) is 5.02 Å². The lowest BCUT2D eigenvalue weighted by molar-refractivity contribution is -0.124. The quantitative estimate of drug-likeness (QED) is 0.192. The fourth-order valence-corrected chi connectivity index (χ4v) is 5.00. The summed E-state index contributed by atoms with van der Waals surface area (Å²) >= 11 is 7.96. The maximum atomic E-state index is 11.3. The van der Waals surface area contributed by atoms with Crippen LogP contribution in [0, 0.1) is 0 Å². The monoisotopic (exact) mass is 525 g/mol. The van der Waals surface area contributed by atoms with Gasteiger partial charge in [0.05, 0.1) is 11.4 Å². The lowest BCUT2D eigenvalue weighted by atomic mass is 10.0. The molecule has 6 heteroatoms. The topological polar surface area (TPSA) is 44.7 Å². The fraction of sp³-hybridized carbons (Fsp3) is 0.400. The van der Waals surface area contributed by atoms with Crippen molar-refractivity contribution in [1.82, 2.24) is 10.4 Å². The molecule has 2 aromatic carbocycles. The average Bonchev–Trinajstić information content (AvgIpc) is 3.01. The van der Waals surface area contributed by atoms with Gasteiger partial charge in [0.1, 0.15) is 0 Å². The second-order valence-electron chi connectivity index (χ2n) is 8.72. The van der Waals surface area contributed by atoms with Crippen LogP contribution in [0.15, 0.2) is 81.2 Å². The van der Waals surface area contributed by atoms with Gasteiger partial charge in [-0.1, -0.05) is 99.0 Å². The van der Waals surface area contributed by atoms with E-state index >= 15 is 0 Å². The van der Waals surface area contributed by atoms with Crippen molar-refractivity contribution in [3.63, 3.8) is 0 Å². The van der Waals surface area contributed by atoms with Crippen molar-refractivity contribution in [3.05, 3.63) is 87.4 Å². The van der Waals surface area contributed by atoms with E-state index < -0.39 is 0 Å². The van der Waals surface area contributed by atoms with Gasteiger partial charge in [0.15, 0.2) is 0 Å². The Bertz CT molecular complexity index is 1080. The highest BCUT2D eigenvalue weighted by molar-refractivity contribution is 8.03. The summed E-state index contributed by atoms with van der Waals surface area (Å²) in [5.74, 6) is 0.0612. The summed E-state index contributed by atoms with van der Waals surface area (Å²) in [6, 6.07) is 16.3. The number of rotatable bonds is 10. The second-order valence-corrected chi connectivity index (χ2v) is 10.4. The molecule has 3 rings (SSSR count). The number of hydrogen-bond donors (Lipinski definition) is 1. The lowest BCUT2D eigenvalue weighted by Crippen LogP contribution is -2.39. The van der Waals surface area contributed by atoms with Gasteiger partial charge in [-0.05, 0) is 44.9 Å². The van der Waals surface area contributed by atoms with Crippen molar-refractivity contribution in [3.8, 4) is 0 Å². The van der Waals surface area contributed by atoms with Crippen LogP contribution in [-0.4, -0.2) is 30.2 Å². The van der Waals surface area contributed by atoms with E-state index in [4.69, 9.17) is 16.6 Å². The molecule has 1 heterocycles. The van der Waals surface area contributed by atoms with Crippen molar-refractivity contribution in [2.75, 3.05) is 13.6 Å². The number of aliphatic imine (C=N–C) groups is 1. The number of unbranched alkanes of at least 4 members (excludes halogenated alkanes) is 3. The van der Waals surface area contributed by atoms with Crippen LogP contribution in [0.4, 0.5) is 0 Å². The molecule has 1 aliphatic rings. The van der Waals surface area contributed by atoms with Crippen LogP contribution in [-0.2, 0) is 4.79 Å². The summed E-state index contributed by atoms with van der Waals surface area (Å²) in [5, 5.41) is 2.62. The number of carbonyl (C=O) groups is 1. The van der Waals surface area contributed by atoms with E-state index in [2.05, 4.69) is 56.5 Å². The Morgan fingerprint density at radius 1 is 1.11 bits per heavy atom. The third kappa shape index (κ3) is 9.96. The molecule has 0 aromatic heterocycles. The van der Waals surface area contributed by atoms with Gasteiger partial charge in [0.2, 0.25) is 5.91 Å². The molecule has 36 heavy (non-hydrogen) atoms. The van der Waals surface area contributed by atoms with E-state index in [0.717, 1.165) is 41.4 Å². The van der Waals surface area contributed by atoms with Crippen LogP contribution >= 0.6 is 23.4 Å². The van der Waals surface area contributed by atoms with Crippen LogP contribution in [0.3, 0.4) is 0 Å². The summed E-state index contributed by atoms with van der Waals surface area (Å²) in [7, 11) is 1.92. The maximum Gasteiger partial charge on any atom is 0.238 e. The van der Waals surface area contributed by atoms with Gasteiger partial charge in [0.25, 0.3) is 0 Å². The Balaban J connectivity index is 0.000000271. The molecule has 4 nitrogen and oxygen atoms in total. The zero-order valence-electron chi connectivity index (χ0n) is 22.3. The van der Waals surface area contributed by atoms with Gasteiger partial charge in [-0.15, -0.1) is 0 Å². The van der Waals surface area contributed by atoms with Crippen molar-refractivity contribution < 1.29 is 4.79 Å². The highest BCUT2D eigenvalue weighted by Gasteiger charge is 2.18. The molecule has 2 aromatic rings. The molecule has 1 aliphatic heterocycles. The summed E-state index contributed by atoms with van der Waals surface area (Å²) in [6.45, 7) is 9.34. The first-order chi connectivity index (χ1) is 17.4. The number of nitrogens with zero attached hydrogens (tertiary/aromatic N) is 2. The van der Waals surface area contributed by atoms with Gasteiger partial charge in [-0.25, -0.2) is 5.01 Å². The Morgan fingerprint density at radius 3 is 2.58 bits per heavy atom. The molecule has 0 radical (unpaired) electrons. The van der Waals surface area contributed by atoms with Crippen molar-refractivity contribution >= 4 is 35.0 Å². The fourth-order valence-electron chi connectivity index (χ4n) is 3.75. The molecule has 1 N–H and O–H groups in total. The number of fused-ring (bicyclic) bond motifs is 1. The number of allylic oxidation sites excluding steroid dienone is 3. The van der Waals surface area contributed by atoms with E-state index in [1.54, 1.807) is 11.8 Å². The zero-order valence-corrected chi connectivity index (χ0v) is 23.9. The molecular weight excluding hydrogens is 486 g/mol. The van der Waals surface area contributed by atoms with Gasteiger partial charge in [-0.3, -0.25) is 15.2 Å². The molecule has 194 valence electrons. The molecular formula is C30H40ClN3OS. The summed E-state index contributed by atoms with van der Waals surface area (Å²) in [4.78, 5) is 18.8. The number of thioether (sulfide) groups is 1. The molecule has 1 amide bonds. The molecule has 0 bridgehead atoms. The van der Waals surface area contributed by atoms with E-state index in [1.165, 1.54) is 34.6 Å². The second kappa shape index (κ2) is 16.4. The Kier molecular flexibility index (Phi) is 13.6. The first-order valence-corrected chi connectivity index (χ1v) is 14.0. The number of nitrogens with one attached hydrogen (secondary N) is 1. The van der Waals surface area contributed by atoms with Gasteiger partial charge >= 0.3 is 0 Å². The third-order valence-corrected chi connectivity index (χ3v) is 7.05. The number of halogens is 1. The molecule has 0 spiro atoms. The smallest absolute Gasteiger partial charge is 0.238 e. The molecule has 0 unspecified atom stereocenters. The van der Waals surface area contributed by atoms with Crippen LogP contribution in [0.5, 0.6) is 0 Å². The highest BCUT2D eigenvalue weighted by Crippen LogP contribution is 2.37. The van der Waals surface area contributed by atoms with E-state index in [9.17, 15) is 4.79 Å². The van der Waals surface area contributed by atoms with Crippen LogP contribution in [0.1, 0.15) is 77.3 Å². The van der Waals surface area contributed by atoms with Gasteiger partial charge in [-0.2, -0.15) is 0 Å². The predicted molar refractivity (Wildman–Crippen MR) is 157 cm³/mol. The molecule has 0 saturated carbocycles. The predicted octanol–water partition coefficient (Wildman–Crippen LogP) is 8.42. The molecule has 0 aliphatic carbocycles. The van der Waals surface area contributed by atoms with Crippen LogP contribution in [0.25, 0.3) is 0 Å². The van der Waals surface area contributed by atoms with Crippen molar-refractivity contribution in [2.24, 2.45) is 4.99 Å². The number of amides is 1. The summed E-state index contributed by atoms with van der Waals surface area (Å²) in [6.07, 6.45) is 10.1. The SMILES string of the molecule is C/C=C\CC(=O)NN(C)CCCCCC.CCC1=C(C)Sc2ccccc2C(c2cccc(Cl)c2)=N1. The number of hydrogen-bond acceptors (Lipinski definition) is 4. The van der Waals surface area contributed by atoms with Crippen molar-refractivity contribution in [1.29, 1.82) is 0 Å². The molecule has 0 saturated heterocycles. The molecule has 0 atom stereocenters. The number of carbonyl (C=O) groups excluding carboxylic acids is 1. The summed E-state index contributed by atoms with van der Waals surface area (Å²) in [5.41, 5.74) is 7.23. The minimum absolute atomic E-state index is 0.0612. The molecule has 0 fully saturated rings. The van der Waals surface area contributed by atoms with Gasteiger partial charge < -0.3 is 0 Å². The third-order valence-electron chi connectivity index (χ3n) is 5.69. The first-order valence-electron chi connectivity index (χ1n) is 12.8. The standard InChI is InChI=1S/C18H16ClNS.C12H24N2O/c1-3-16-12(2)21-17-10-5-4-9-15(17)18(20-16)13-7-6-8-14(19)11-13;1-4-6-8-9-11-14(3)13-12(15)10-7-5-2/h4-11H,3H2,1-2H3;5,7H,4,6,8-11H2,1-3H3,(H,13,15)/b;7-5-. The number of hydrazine groups is 1. The Hall–Kier alpha value is -2.34. The van der Waals surface area contributed by atoms with Gasteiger partial charge in [0, 0.05) is 46.0 Å². The Labute approximate surface area is 226 Å². The number of benzene rings is 2. The van der Waals surface area contributed by atoms with Crippen LogP contribution < -0.4 is 5.43 Å². The minimum Gasteiger partial charge on any atom is -0.289 e.